The van der Waals surface area contributed by atoms with Gasteiger partial charge < -0.3 is 11.1 Å². The number of non-ortho nitro benzene ring substituents is 1. The fourth-order valence-corrected chi connectivity index (χ4v) is 2.74. The molecule has 0 aromatic heterocycles. The number of nitrogens with one attached hydrogen (secondary N) is 1. The van der Waals surface area contributed by atoms with Crippen molar-refractivity contribution in [3.05, 3.63) is 28.3 Å². The highest BCUT2D eigenvalue weighted by Crippen LogP contribution is 2.32. The molecule has 0 aliphatic heterocycles. The average Bonchev–Trinajstić information content (AvgIpc) is 2.42. The van der Waals surface area contributed by atoms with Crippen molar-refractivity contribution in [2.75, 3.05) is 23.9 Å². The Hall–Kier alpha value is -1.43. The smallest absolute Gasteiger partial charge is 0.271 e. The molecule has 0 radical (unpaired) electrons. The molecule has 0 amide bonds. The van der Waals surface area contributed by atoms with Crippen molar-refractivity contribution in [3.8, 4) is 0 Å². The van der Waals surface area contributed by atoms with Crippen LogP contribution in [0, 0.1) is 10.1 Å². The SMILES string of the molecule is CCC(CC)(CNc1ccc([N+](=O)[O-])cc1N)SC. The molecule has 0 spiro atoms. The van der Waals surface area contributed by atoms with Gasteiger partial charge >= 0.3 is 0 Å². The van der Waals surface area contributed by atoms with E-state index < -0.39 is 4.92 Å². The lowest BCUT2D eigenvalue weighted by Crippen LogP contribution is -2.32. The number of anilines is 2. The maximum absolute atomic E-state index is 10.6. The maximum Gasteiger partial charge on any atom is 0.271 e. The third-order valence-corrected chi connectivity index (χ3v) is 5.16. The Kier molecular flexibility index (Phi) is 5.47. The summed E-state index contributed by atoms with van der Waals surface area (Å²) in [5.74, 6) is 0. The Labute approximate surface area is 118 Å². The first kappa shape index (κ1) is 15.6. The number of nitrogen functional groups attached to an aromatic ring is 1. The number of hydrogen-bond acceptors (Lipinski definition) is 5. The van der Waals surface area contributed by atoms with Gasteiger partial charge in [0.25, 0.3) is 5.69 Å². The van der Waals surface area contributed by atoms with Crippen LogP contribution in [-0.2, 0) is 0 Å². The standard InChI is InChI=1S/C13H21N3O2S/c1-4-13(5-2,19-3)9-15-12-7-6-10(16(17)18)8-11(12)14/h6-8,15H,4-5,9,14H2,1-3H3. The number of nitrogens with two attached hydrogens (primary N) is 1. The number of nitrogens with zero attached hydrogens (tertiary/aromatic N) is 1. The third kappa shape index (κ3) is 3.76. The summed E-state index contributed by atoms with van der Waals surface area (Å²) >= 11 is 1.84. The number of rotatable bonds is 7. The summed E-state index contributed by atoms with van der Waals surface area (Å²) in [6.07, 6.45) is 4.23. The number of thioether (sulfide) groups is 1. The molecule has 106 valence electrons. The van der Waals surface area contributed by atoms with Crippen molar-refractivity contribution in [1.82, 2.24) is 0 Å². The molecule has 1 aromatic carbocycles. The zero-order chi connectivity index (χ0) is 14.5. The normalized spacial score (nSPS) is 11.3. The summed E-state index contributed by atoms with van der Waals surface area (Å²) in [6, 6.07) is 4.53. The zero-order valence-corrected chi connectivity index (χ0v) is 12.4. The van der Waals surface area contributed by atoms with E-state index in [9.17, 15) is 10.1 Å². The largest absolute Gasteiger partial charge is 0.397 e. The molecular formula is C13H21N3O2S. The van der Waals surface area contributed by atoms with Crippen LogP contribution in [0.4, 0.5) is 17.1 Å². The molecule has 0 unspecified atom stereocenters. The summed E-state index contributed by atoms with van der Waals surface area (Å²) in [5.41, 5.74) is 7.03. The van der Waals surface area contributed by atoms with E-state index >= 15 is 0 Å². The first-order chi connectivity index (χ1) is 8.98. The van der Waals surface area contributed by atoms with Crippen LogP contribution in [-0.4, -0.2) is 22.5 Å². The van der Waals surface area contributed by atoms with Gasteiger partial charge in [-0.25, -0.2) is 0 Å². The van der Waals surface area contributed by atoms with Gasteiger partial charge in [0.1, 0.15) is 0 Å². The average molecular weight is 283 g/mol. The molecule has 0 fully saturated rings. The molecule has 1 aromatic rings. The van der Waals surface area contributed by atoms with Crippen LogP contribution in [0.3, 0.4) is 0 Å². The van der Waals surface area contributed by atoms with Crippen molar-refractivity contribution in [2.24, 2.45) is 0 Å². The predicted molar refractivity (Wildman–Crippen MR) is 82.8 cm³/mol. The van der Waals surface area contributed by atoms with Gasteiger partial charge in [-0.1, -0.05) is 13.8 Å². The molecule has 6 heteroatoms. The van der Waals surface area contributed by atoms with E-state index in [0.29, 0.717) is 5.69 Å². The molecule has 0 heterocycles. The topological polar surface area (TPSA) is 81.2 Å². The molecule has 0 bridgehead atoms. The lowest BCUT2D eigenvalue weighted by molar-refractivity contribution is -0.384. The lowest BCUT2D eigenvalue weighted by atomic mass is 10.0. The van der Waals surface area contributed by atoms with E-state index in [-0.39, 0.29) is 10.4 Å². The Bertz CT molecular complexity index is 439. The van der Waals surface area contributed by atoms with Gasteiger partial charge in [0, 0.05) is 23.4 Å². The fraction of sp³-hybridized carbons (Fsp3) is 0.538. The molecule has 0 saturated carbocycles. The third-order valence-electron chi connectivity index (χ3n) is 3.57. The van der Waals surface area contributed by atoms with E-state index in [1.807, 2.05) is 11.8 Å². The first-order valence-electron chi connectivity index (χ1n) is 6.31. The Morgan fingerprint density at radius 1 is 1.42 bits per heavy atom. The van der Waals surface area contributed by atoms with Crippen LogP contribution in [0.5, 0.6) is 0 Å². The highest BCUT2D eigenvalue weighted by atomic mass is 32.2. The predicted octanol–water partition coefficient (Wildman–Crippen LogP) is 3.51. The summed E-state index contributed by atoms with van der Waals surface area (Å²) < 4.78 is 0.175. The molecule has 5 nitrogen and oxygen atoms in total. The molecule has 0 atom stereocenters. The first-order valence-corrected chi connectivity index (χ1v) is 7.53. The second-order valence-electron chi connectivity index (χ2n) is 4.48. The zero-order valence-electron chi connectivity index (χ0n) is 11.6. The summed E-state index contributed by atoms with van der Waals surface area (Å²) in [7, 11) is 0. The van der Waals surface area contributed by atoms with E-state index in [0.717, 1.165) is 25.1 Å². The summed E-state index contributed by atoms with van der Waals surface area (Å²) in [6.45, 7) is 5.13. The number of benzene rings is 1. The van der Waals surface area contributed by atoms with Crippen LogP contribution >= 0.6 is 11.8 Å². The molecule has 0 saturated heterocycles. The van der Waals surface area contributed by atoms with Gasteiger partial charge in [0.05, 0.1) is 16.3 Å². The quantitative estimate of drug-likeness (QED) is 0.454. The van der Waals surface area contributed by atoms with Gasteiger partial charge in [-0.2, -0.15) is 11.8 Å². The second-order valence-corrected chi connectivity index (χ2v) is 5.75. The minimum absolute atomic E-state index is 0.0187. The number of hydrogen-bond donors (Lipinski definition) is 2. The van der Waals surface area contributed by atoms with Crippen LogP contribution in [0.2, 0.25) is 0 Å². The Morgan fingerprint density at radius 3 is 2.47 bits per heavy atom. The van der Waals surface area contributed by atoms with Crippen LogP contribution in [0.25, 0.3) is 0 Å². The highest BCUT2D eigenvalue weighted by Gasteiger charge is 2.24. The maximum atomic E-state index is 10.6. The molecule has 19 heavy (non-hydrogen) atoms. The Balaban J connectivity index is 2.80. The van der Waals surface area contributed by atoms with Crippen LogP contribution in [0.15, 0.2) is 18.2 Å². The molecule has 3 N–H and O–H groups in total. The van der Waals surface area contributed by atoms with E-state index in [4.69, 9.17) is 5.73 Å². The fourth-order valence-electron chi connectivity index (χ4n) is 1.94. The molecule has 1 rings (SSSR count). The monoisotopic (exact) mass is 283 g/mol. The van der Waals surface area contributed by atoms with Gasteiger partial charge in [-0.15, -0.1) is 0 Å². The minimum Gasteiger partial charge on any atom is -0.397 e. The highest BCUT2D eigenvalue weighted by molar-refractivity contribution is 8.00. The van der Waals surface area contributed by atoms with Gasteiger partial charge in [0.15, 0.2) is 0 Å². The van der Waals surface area contributed by atoms with Crippen molar-refractivity contribution in [1.29, 1.82) is 0 Å². The van der Waals surface area contributed by atoms with Crippen LogP contribution in [0.1, 0.15) is 26.7 Å². The number of nitro benzene ring substituents is 1. The number of nitro groups is 1. The van der Waals surface area contributed by atoms with E-state index in [1.54, 1.807) is 6.07 Å². The minimum atomic E-state index is -0.440. The van der Waals surface area contributed by atoms with Crippen molar-refractivity contribution in [2.45, 2.75) is 31.4 Å². The van der Waals surface area contributed by atoms with Crippen LogP contribution < -0.4 is 11.1 Å². The second kappa shape index (κ2) is 6.65. The molecule has 0 aliphatic rings. The van der Waals surface area contributed by atoms with Gasteiger partial charge in [-0.05, 0) is 25.2 Å². The lowest BCUT2D eigenvalue weighted by Gasteiger charge is -2.30. The Morgan fingerprint density at radius 2 is 2.05 bits per heavy atom. The van der Waals surface area contributed by atoms with E-state index in [1.165, 1.54) is 12.1 Å². The molecular weight excluding hydrogens is 262 g/mol. The van der Waals surface area contributed by atoms with Crippen molar-refractivity contribution < 1.29 is 4.92 Å². The van der Waals surface area contributed by atoms with Gasteiger partial charge in [-0.3, -0.25) is 10.1 Å². The molecule has 0 aliphatic carbocycles. The van der Waals surface area contributed by atoms with Crippen molar-refractivity contribution >= 4 is 28.8 Å². The summed E-state index contributed by atoms with van der Waals surface area (Å²) in [4.78, 5) is 10.2. The summed E-state index contributed by atoms with van der Waals surface area (Å²) in [5, 5.41) is 14.0. The van der Waals surface area contributed by atoms with Gasteiger partial charge in [0.2, 0.25) is 0 Å². The van der Waals surface area contributed by atoms with E-state index in [2.05, 4.69) is 25.4 Å². The van der Waals surface area contributed by atoms with Crippen molar-refractivity contribution in [3.63, 3.8) is 0 Å².